The van der Waals surface area contributed by atoms with Crippen LogP contribution in [0, 0.1) is 41.4 Å². The summed E-state index contributed by atoms with van der Waals surface area (Å²) in [5.74, 6) is -10.4. The minimum Gasteiger partial charge on any atom is -0.445 e. The number of alkyl carbamates (subject to hydrolysis) is 1. The number of carbonyl (C=O) groups excluding carboxylic acids is 12. The number of carbonyl (C=O) groups is 12. The predicted molar refractivity (Wildman–Crippen MR) is 348 cm³/mol. The van der Waals surface area contributed by atoms with Gasteiger partial charge in [-0.1, -0.05) is 109 Å². The van der Waals surface area contributed by atoms with Crippen molar-refractivity contribution in [3.8, 4) is 0 Å². The number of ether oxygens (including phenoxy) is 1. The van der Waals surface area contributed by atoms with E-state index in [4.69, 9.17) is 4.74 Å². The van der Waals surface area contributed by atoms with E-state index in [0.717, 1.165) is 9.80 Å². The minimum absolute atomic E-state index is 0.0230. The third kappa shape index (κ3) is 24.3. The molecule has 0 radical (unpaired) electrons. The molecular weight excluding hydrogens is 1170 g/mol. The van der Waals surface area contributed by atoms with Gasteiger partial charge >= 0.3 is 6.09 Å². The van der Waals surface area contributed by atoms with E-state index < -0.39 is 162 Å². The van der Waals surface area contributed by atoms with Gasteiger partial charge in [0, 0.05) is 55.9 Å². The molecular formula is C65H116N12O14. The largest absolute Gasteiger partial charge is 0.445 e. The smallest absolute Gasteiger partial charge is 0.407 e. The fourth-order valence-corrected chi connectivity index (χ4v) is 11.0. The Labute approximate surface area is 542 Å². The molecule has 1 rings (SSSR count). The van der Waals surface area contributed by atoms with Gasteiger partial charge in [0.2, 0.25) is 65.0 Å². The molecule has 6 N–H and O–H groups in total. The van der Waals surface area contributed by atoms with E-state index in [-0.39, 0.29) is 68.8 Å². The molecule has 1 saturated heterocycles. The average molecular weight is 1290 g/mol. The number of hydrogen-bond acceptors (Lipinski definition) is 14. The molecule has 1 fully saturated rings. The van der Waals surface area contributed by atoms with Crippen LogP contribution in [0.5, 0.6) is 0 Å². The molecule has 26 heteroatoms. The van der Waals surface area contributed by atoms with Crippen LogP contribution in [0.4, 0.5) is 4.79 Å². The van der Waals surface area contributed by atoms with E-state index in [0.29, 0.717) is 6.54 Å². The summed E-state index contributed by atoms with van der Waals surface area (Å²) in [5.41, 5.74) is 0. The van der Waals surface area contributed by atoms with Crippen molar-refractivity contribution in [2.75, 3.05) is 69.0 Å². The number of aliphatic hydroxyl groups excluding tert-OH is 1. The fraction of sp³-hybridized carbons (Fsp3) is 0.785. The first kappa shape index (κ1) is 82.2. The van der Waals surface area contributed by atoms with Crippen LogP contribution in [0.25, 0.3) is 0 Å². The van der Waals surface area contributed by atoms with Gasteiger partial charge in [-0.15, -0.1) is 0 Å². The lowest BCUT2D eigenvalue weighted by atomic mass is 9.91. The van der Waals surface area contributed by atoms with Crippen molar-refractivity contribution in [2.45, 2.75) is 223 Å². The van der Waals surface area contributed by atoms with Crippen molar-refractivity contribution in [3.05, 3.63) is 12.2 Å². The minimum atomic E-state index is -1.71. The van der Waals surface area contributed by atoms with E-state index >= 15 is 14.4 Å². The van der Waals surface area contributed by atoms with Crippen LogP contribution in [0.3, 0.4) is 0 Å². The number of amides is 12. The average Bonchev–Trinajstić information content (AvgIpc) is 0.993. The normalized spacial score (nSPS) is 25.8. The number of hydrogen-bond donors (Lipinski definition) is 6. The molecule has 0 aromatic heterocycles. The van der Waals surface area contributed by atoms with Crippen LogP contribution < -0.4 is 26.6 Å². The summed E-state index contributed by atoms with van der Waals surface area (Å²) in [5, 5.41) is 25.7. The number of nitrogens with zero attached hydrogens (tertiary/aromatic N) is 7. The fourth-order valence-electron chi connectivity index (χ4n) is 11.0. The summed E-state index contributed by atoms with van der Waals surface area (Å²) in [6, 6.07) is -12.7. The Bertz CT molecular complexity index is 2510. The van der Waals surface area contributed by atoms with E-state index in [2.05, 4.69) is 26.6 Å². The van der Waals surface area contributed by atoms with Crippen molar-refractivity contribution in [3.63, 3.8) is 0 Å². The number of likely N-dealkylation sites (N-methyl/N-ethyl adjacent to an activating group) is 7. The third-order valence-electron chi connectivity index (χ3n) is 16.6. The summed E-state index contributed by atoms with van der Waals surface area (Å²) in [6.45, 7) is 29.2. The molecule has 0 saturated carbocycles. The highest BCUT2D eigenvalue weighted by Gasteiger charge is 2.46. The van der Waals surface area contributed by atoms with Gasteiger partial charge in [0.1, 0.15) is 67.0 Å². The zero-order chi connectivity index (χ0) is 70.4. The molecule has 12 amide bonds. The lowest BCUT2D eigenvalue weighted by molar-refractivity contribution is -0.157. The number of aliphatic hydroxyl groups is 1. The Morgan fingerprint density at radius 2 is 0.945 bits per heavy atom. The lowest BCUT2D eigenvalue weighted by Gasteiger charge is -2.41. The van der Waals surface area contributed by atoms with Gasteiger partial charge in [0.25, 0.3) is 0 Å². The van der Waals surface area contributed by atoms with Gasteiger partial charge in [0.05, 0.1) is 12.6 Å². The standard InChI is InChI=1S/C65H116N12O14/c1-25-45-60(85)71(18)35-50(78)72(19)46(31-36(3)4)57(82)70-51(40(11)12)63(88)73(20)47(32-37(5)6)56(81)67-43(16)55(80)68-44(17)59(84)74(21)48(33-38(7)8)61(86)75(22)49(34-39(9)10)62(87)76(23)52(41(13)14)64(89)77(24)53(58(83)69-45)54(79)42(15)29-27-28-30-91-65(90)66-26-2/h27-28,36-49,51-54,79H,25-26,29-35H2,1-24H3,(H,66,90)(H,67,81)(H,68,80)(H,69,83)(H,70,82)/b28-27+/t42-,43+,44-,45+,46+,47?,48-,49+,51+,52+,53?,54-/m1/s1. The highest BCUT2D eigenvalue weighted by atomic mass is 16.5. The van der Waals surface area contributed by atoms with Crippen molar-refractivity contribution < 1.29 is 67.4 Å². The summed E-state index contributed by atoms with van der Waals surface area (Å²) in [7, 11) is 9.77. The molecule has 1 aliphatic rings. The van der Waals surface area contributed by atoms with Crippen LogP contribution in [0.1, 0.15) is 156 Å². The number of rotatable bonds is 18. The molecule has 12 atom stereocenters. The SMILES string of the molecule is CCNC(=O)OC/C=C/C[C@@H](C)[C@@H](O)C1C(=O)N[C@@H](CC)C(=O)N(C)CC(=O)N(C)[C@@H](CC(C)C)C(=O)N[C@@H](C(C)C)C(=O)N(C)C(CC(C)C)C(=O)N[C@@H](C)C(=O)N[C@H](C)C(=O)N(C)[C@H](CC(C)C)C(=O)N(C)[C@@H](CC(C)C)C(=O)N(C)[C@@H](C(C)C)C(=O)N1C. The topological polar surface area (TPSA) is 317 Å². The molecule has 0 aliphatic carbocycles. The van der Waals surface area contributed by atoms with Gasteiger partial charge in [-0.05, 0) is 101 Å². The molecule has 0 aromatic rings. The molecule has 0 spiro atoms. The molecule has 91 heavy (non-hydrogen) atoms. The Hall–Kier alpha value is -6.86. The van der Waals surface area contributed by atoms with E-state index in [1.165, 1.54) is 87.7 Å². The maximum absolute atomic E-state index is 15.3. The Morgan fingerprint density at radius 3 is 1.42 bits per heavy atom. The summed E-state index contributed by atoms with van der Waals surface area (Å²) < 4.78 is 5.14. The first-order valence-corrected chi connectivity index (χ1v) is 32.4. The van der Waals surface area contributed by atoms with Gasteiger partial charge in [-0.3, -0.25) is 52.7 Å². The number of nitrogens with one attached hydrogen (secondary N) is 5. The molecule has 1 heterocycles. The third-order valence-corrected chi connectivity index (χ3v) is 16.6. The summed E-state index contributed by atoms with van der Waals surface area (Å²) in [4.78, 5) is 181. The highest BCUT2D eigenvalue weighted by Crippen LogP contribution is 2.26. The number of allylic oxidation sites excluding steroid dienone is 1. The Balaban J connectivity index is 4.35. The molecule has 0 aromatic carbocycles. The zero-order valence-corrected chi connectivity index (χ0v) is 59.3. The first-order chi connectivity index (χ1) is 42.1. The van der Waals surface area contributed by atoms with Gasteiger partial charge < -0.3 is 70.7 Å². The first-order valence-electron chi connectivity index (χ1n) is 32.4. The van der Waals surface area contributed by atoms with Crippen molar-refractivity contribution in [2.24, 2.45) is 41.4 Å². The Morgan fingerprint density at radius 1 is 0.505 bits per heavy atom. The van der Waals surface area contributed by atoms with Gasteiger partial charge in [0.15, 0.2) is 0 Å². The molecule has 0 bridgehead atoms. The maximum atomic E-state index is 15.3. The zero-order valence-electron chi connectivity index (χ0n) is 59.3. The second kappa shape index (κ2) is 38.2. The van der Waals surface area contributed by atoms with Crippen LogP contribution >= 0.6 is 0 Å². The second-order valence-corrected chi connectivity index (χ2v) is 27.1. The van der Waals surface area contributed by atoms with Gasteiger partial charge in [-0.25, -0.2) is 4.79 Å². The van der Waals surface area contributed by atoms with Crippen LogP contribution in [-0.4, -0.2) is 246 Å². The maximum Gasteiger partial charge on any atom is 0.407 e. The van der Waals surface area contributed by atoms with Crippen molar-refractivity contribution in [1.82, 2.24) is 60.9 Å². The predicted octanol–water partition coefficient (Wildman–Crippen LogP) is 3.00. The quantitative estimate of drug-likeness (QED) is 0.108. The van der Waals surface area contributed by atoms with Crippen LogP contribution in [0.15, 0.2) is 12.2 Å². The molecule has 26 nitrogen and oxygen atoms in total. The molecule has 1 aliphatic heterocycles. The summed E-state index contributed by atoms with van der Waals surface area (Å²) in [6.07, 6.45) is 1.56. The lowest BCUT2D eigenvalue weighted by Crippen LogP contribution is -2.63. The van der Waals surface area contributed by atoms with E-state index in [1.807, 2.05) is 55.4 Å². The monoisotopic (exact) mass is 1290 g/mol. The Kier molecular flexibility index (Phi) is 34.5. The van der Waals surface area contributed by atoms with Crippen molar-refractivity contribution >= 4 is 71.1 Å². The summed E-state index contributed by atoms with van der Waals surface area (Å²) >= 11 is 0. The van der Waals surface area contributed by atoms with E-state index in [9.17, 15) is 48.3 Å². The molecule has 520 valence electrons. The van der Waals surface area contributed by atoms with Crippen LogP contribution in [0.2, 0.25) is 0 Å². The molecule has 2 unspecified atom stereocenters. The highest BCUT2D eigenvalue weighted by molar-refractivity contribution is 5.99. The van der Waals surface area contributed by atoms with E-state index in [1.54, 1.807) is 60.6 Å². The second-order valence-electron chi connectivity index (χ2n) is 27.1. The van der Waals surface area contributed by atoms with Crippen LogP contribution in [-0.2, 0) is 57.5 Å². The van der Waals surface area contributed by atoms with Gasteiger partial charge in [-0.2, -0.15) is 0 Å². The van der Waals surface area contributed by atoms with Crippen molar-refractivity contribution in [1.29, 1.82) is 0 Å².